The zero-order valence-corrected chi connectivity index (χ0v) is 13.3. The van der Waals surface area contributed by atoms with E-state index in [0.717, 1.165) is 12.8 Å². The molecular formula is C17H27NO3. The van der Waals surface area contributed by atoms with Gasteiger partial charge in [0.05, 0.1) is 0 Å². The summed E-state index contributed by atoms with van der Waals surface area (Å²) in [6.07, 6.45) is 5.94. The summed E-state index contributed by atoms with van der Waals surface area (Å²) in [5.41, 5.74) is 0.0912. The first-order valence-electron chi connectivity index (χ1n) is 8.39. The molecule has 0 radical (unpaired) electrons. The Hall–Kier alpha value is -1.06. The lowest BCUT2D eigenvalue weighted by Gasteiger charge is -2.34. The highest BCUT2D eigenvalue weighted by Gasteiger charge is 2.69. The maximum Gasteiger partial charge on any atom is 0.326 e. The van der Waals surface area contributed by atoms with Crippen LogP contribution in [0.2, 0.25) is 0 Å². The number of nitrogens with zero attached hydrogens (tertiary/aromatic N) is 1. The Bertz CT molecular complexity index is 453. The highest BCUT2D eigenvalue weighted by Crippen LogP contribution is 2.65. The number of fused-ring (bicyclic) bond motifs is 1. The number of carbonyl (C=O) groups excluding carboxylic acids is 1. The molecule has 3 rings (SSSR count). The van der Waals surface area contributed by atoms with Gasteiger partial charge in [-0.3, -0.25) is 4.79 Å². The number of carboxylic acids is 1. The predicted molar refractivity (Wildman–Crippen MR) is 79.6 cm³/mol. The third-order valence-corrected chi connectivity index (χ3v) is 6.49. The summed E-state index contributed by atoms with van der Waals surface area (Å²) in [4.78, 5) is 26.1. The first-order valence-corrected chi connectivity index (χ1v) is 8.39. The maximum absolute atomic E-state index is 12.8. The molecule has 2 aliphatic carbocycles. The molecule has 0 aromatic rings. The quantitative estimate of drug-likeness (QED) is 0.870. The Labute approximate surface area is 126 Å². The molecular weight excluding hydrogens is 266 g/mol. The van der Waals surface area contributed by atoms with Gasteiger partial charge < -0.3 is 10.0 Å². The number of carbonyl (C=O) groups is 2. The van der Waals surface area contributed by atoms with Crippen molar-refractivity contribution in [1.82, 2.24) is 4.90 Å². The SMILES string of the molecule is CC(C(=O)N1CC2C(C1C(=O)O)C2(C)C)C1CCCCC1. The molecule has 0 spiro atoms. The van der Waals surface area contributed by atoms with Crippen LogP contribution in [-0.4, -0.2) is 34.5 Å². The highest BCUT2D eigenvalue weighted by atomic mass is 16.4. The molecule has 0 bridgehead atoms. The minimum Gasteiger partial charge on any atom is -0.480 e. The van der Waals surface area contributed by atoms with E-state index in [1.807, 2.05) is 6.92 Å². The van der Waals surface area contributed by atoms with Crippen LogP contribution in [-0.2, 0) is 9.59 Å². The monoisotopic (exact) mass is 293 g/mol. The lowest BCUT2D eigenvalue weighted by atomic mass is 9.80. The number of rotatable bonds is 3. The molecule has 21 heavy (non-hydrogen) atoms. The number of aliphatic carboxylic acids is 1. The molecule has 3 fully saturated rings. The van der Waals surface area contributed by atoms with E-state index in [2.05, 4.69) is 13.8 Å². The third kappa shape index (κ3) is 2.27. The molecule has 1 saturated heterocycles. The van der Waals surface area contributed by atoms with Gasteiger partial charge in [-0.2, -0.15) is 0 Å². The third-order valence-electron chi connectivity index (χ3n) is 6.49. The molecule has 4 nitrogen and oxygen atoms in total. The van der Waals surface area contributed by atoms with Crippen molar-refractivity contribution in [2.24, 2.45) is 29.1 Å². The van der Waals surface area contributed by atoms with Crippen LogP contribution in [0.4, 0.5) is 0 Å². The molecule has 4 heteroatoms. The number of amides is 1. The summed E-state index contributed by atoms with van der Waals surface area (Å²) in [5.74, 6) is 0.214. The van der Waals surface area contributed by atoms with E-state index in [1.165, 1.54) is 19.3 Å². The van der Waals surface area contributed by atoms with Crippen molar-refractivity contribution >= 4 is 11.9 Å². The highest BCUT2D eigenvalue weighted by molar-refractivity contribution is 5.87. The fourth-order valence-corrected chi connectivity index (χ4v) is 4.89. The summed E-state index contributed by atoms with van der Waals surface area (Å²) in [7, 11) is 0. The van der Waals surface area contributed by atoms with Crippen molar-refractivity contribution in [2.75, 3.05) is 6.54 Å². The minimum atomic E-state index is -0.822. The molecule has 1 heterocycles. The van der Waals surface area contributed by atoms with Gasteiger partial charge in [0.1, 0.15) is 6.04 Å². The normalized spacial score (nSPS) is 36.1. The van der Waals surface area contributed by atoms with Crippen LogP contribution in [0.15, 0.2) is 0 Å². The number of carboxylic acid groups (broad SMARTS) is 1. The molecule has 4 atom stereocenters. The van der Waals surface area contributed by atoms with E-state index < -0.39 is 12.0 Å². The zero-order valence-electron chi connectivity index (χ0n) is 13.3. The standard InChI is InChI=1S/C17H27NO3/c1-10(11-7-5-4-6-8-11)15(19)18-9-12-13(17(12,2)3)14(18)16(20)21/h10-14H,4-9H2,1-3H3,(H,20,21). The summed E-state index contributed by atoms with van der Waals surface area (Å²) in [5, 5.41) is 9.56. The van der Waals surface area contributed by atoms with Gasteiger partial charge in [-0.15, -0.1) is 0 Å². The molecule has 4 unspecified atom stereocenters. The molecule has 1 amide bonds. The van der Waals surface area contributed by atoms with Gasteiger partial charge in [-0.1, -0.05) is 40.0 Å². The average molecular weight is 293 g/mol. The fraction of sp³-hybridized carbons (Fsp3) is 0.882. The molecule has 1 N–H and O–H groups in total. The number of hydrogen-bond donors (Lipinski definition) is 1. The van der Waals surface area contributed by atoms with E-state index >= 15 is 0 Å². The molecule has 118 valence electrons. The Morgan fingerprint density at radius 2 is 1.81 bits per heavy atom. The molecule has 0 aromatic heterocycles. The Balaban J connectivity index is 1.71. The summed E-state index contributed by atoms with van der Waals surface area (Å²) < 4.78 is 0. The largest absolute Gasteiger partial charge is 0.480 e. The minimum absolute atomic E-state index is 0.0206. The summed E-state index contributed by atoms with van der Waals surface area (Å²) in [6, 6.07) is -0.594. The van der Waals surface area contributed by atoms with Crippen LogP contribution >= 0.6 is 0 Å². The van der Waals surface area contributed by atoms with Crippen molar-refractivity contribution in [3.05, 3.63) is 0 Å². The van der Waals surface area contributed by atoms with Crippen molar-refractivity contribution in [3.63, 3.8) is 0 Å². The van der Waals surface area contributed by atoms with Gasteiger partial charge in [0.2, 0.25) is 5.91 Å². The number of likely N-dealkylation sites (tertiary alicyclic amines) is 1. The molecule has 0 aromatic carbocycles. The fourth-order valence-electron chi connectivity index (χ4n) is 4.89. The second kappa shape index (κ2) is 4.99. The lowest BCUT2D eigenvalue weighted by molar-refractivity contribution is -0.152. The van der Waals surface area contributed by atoms with Gasteiger partial charge in [0.25, 0.3) is 0 Å². The van der Waals surface area contributed by atoms with Gasteiger partial charge in [-0.25, -0.2) is 4.79 Å². The molecule has 2 saturated carbocycles. The predicted octanol–water partition coefficient (Wildman–Crippen LogP) is 2.77. The summed E-state index contributed by atoms with van der Waals surface area (Å²) >= 11 is 0. The van der Waals surface area contributed by atoms with Crippen molar-refractivity contribution in [1.29, 1.82) is 0 Å². The van der Waals surface area contributed by atoms with Gasteiger partial charge in [0, 0.05) is 18.4 Å². The maximum atomic E-state index is 12.8. The topological polar surface area (TPSA) is 57.6 Å². The van der Waals surface area contributed by atoms with Crippen molar-refractivity contribution in [2.45, 2.75) is 58.9 Å². The Morgan fingerprint density at radius 1 is 1.19 bits per heavy atom. The zero-order chi connectivity index (χ0) is 15.4. The van der Waals surface area contributed by atoms with Crippen molar-refractivity contribution in [3.8, 4) is 0 Å². The van der Waals surface area contributed by atoms with E-state index in [-0.39, 0.29) is 23.2 Å². The summed E-state index contributed by atoms with van der Waals surface area (Å²) in [6.45, 7) is 6.91. The van der Waals surface area contributed by atoms with E-state index in [1.54, 1.807) is 4.90 Å². The number of hydrogen-bond acceptors (Lipinski definition) is 2. The Morgan fingerprint density at radius 3 is 2.38 bits per heavy atom. The van der Waals surface area contributed by atoms with Crippen LogP contribution in [0.5, 0.6) is 0 Å². The van der Waals surface area contributed by atoms with Crippen LogP contribution in [0.3, 0.4) is 0 Å². The van der Waals surface area contributed by atoms with Crippen LogP contribution < -0.4 is 0 Å². The smallest absolute Gasteiger partial charge is 0.326 e. The van der Waals surface area contributed by atoms with Crippen LogP contribution in [0.1, 0.15) is 52.9 Å². The molecule has 3 aliphatic rings. The van der Waals surface area contributed by atoms with Gasteiger partial charge in [0.15, 0.2) is 0 Å². The van der Waals surface area contributed by atoms with Crippen LogP contribution in [0, 0.1) is 29.1 Å². The van der Waals surface area contributed by atoms with E-state index in [0.29, 0.717) is 18.4 Å². The molecule has 1 aliphatic heterocycles. The van der Waals surface area contributed by atoms with E-state index in [9.17, 15) is 14.7 Å². The number of piperidine rings is 1. The van der Waals surface area contributed by atoms with Gasteiger partial charge >= 0.3 is 5.97 Å². The first kappa shape index (κ1) is 14.9. The van der Waals surface area contributed by atoms with E-state index in [4.69, 9.17) is 0 Å². The van der Waals surface area contributed by atoms with Gasteiger partial charge in [-0.05, 0) is 30.1 Å². The second-order valence-corrected chi connectivity index (χ2v) is 7.91. The Kier molecular flexibility index (Phi) is 3.53. The lowest BCUT2D eigenvalue weighted by Crippen LogP contribution is -2.48. The van der Waals surface area contributed by atoms with Crippen molar-refractivity contribution < 1.29 is 14.7 Å². The first-order chi connectivity index (χ1) is 9.85. The average Bonchev–Trinajstić information content (AvgIpc) is 2.85. The van der Waals surface area contributed by atoms with Crippen LogP contribution in [0.25, 0.3) is 0 Å². The second-order valence-electron chi connectivity index (χ2n) is 7.91.